The van der Waals surface area contributed by atoms with E-state index in [0.29, 0.717) is 5.41 Å². The van der Waals surface area contributed by atoms with Gasteiger partial charge in [-0.2, -0.15) is 0 Å². The van der Waals surface area contributed by atoms with Crippen LogP contribution in [0.1, 0.15) is 73.1 Å². The molecule has 0 amide bonds. The van der Waals surface area contributed by atoms with Gasteiger partial charge in [-0.05, 0) is 62.3 Å². The Labute approximate surface area is 120 Å². The molecule has 0 bridgehead atoms. The van der Waals surface area contributed by atoms with Crippen LogP contribution in [0.25, 0.3) is 0 Å². The predicted molar refractivity (Wildman–Crippen MR) is 83.3 cm³/mol. The molecular weight excluding hydrogens is 234 g/mol. The summed E-state index contributed by atoms with van der Waals surface area (Å²) in [6.07, 6.45) is 7.48. The smallest absolute Gasteiger partial charge is 0.0613 e. The highest BCUT2D eigenvalue weighted by Crippen LogP contribution is 2.39. The number of hydrogen-bond donors (Lipinski definition) is 2. The van der Waals surface area contributed by atoms with Crippen molar-refractivity contribution >= 4 is 0 Å². The van der Waals surface area contributed by atoms with E-state index >= 15 is 0 Å². The average Bonchev–Trinajstić information content (AvgIpc) is 2.40. The van der Waals surface area contributed by atoms with Crippen LogP contribution in [0, 0.1) is 17.3 Å². The van der Waals surface area contributed by atoms with Crippen LogP contribution < -0.4 is 5.32 Å². The Bertz CT molecular complexity index is 236. The minimum absolute atomic E-state index is 0.0408. The van der Waals surface area contributed by atoms with E-state index in [0.717, 1.165) is 31.2 Å². The molecule has 2 nitrogen and oxygen atoms in total. The molecule has 2 heteroatoms. The third-order valence-corrected chi connectivity index (χ3v) is 5.49. The maximum atomic E-state index is 9.59. The Balaban J connectivity index is 2.37. The molecule has 0 aliphatic heterocycles. The van der Waals surface area contributed by atoms with Crippen LogP contribution in [-0.4, -0.2) is 23.8 Å². The first-order valence-electron chi connectivity index (χ1n) is 8.22. The zero-order valence-corrected chi connectivity index (χ0v) is 13.8. The Morgan fingerprint density at radius 1 is 1.00 bits per heavy atom. The van der Waals surface area contributed by atoms with Crippen LogP contribution in [-0.2, 0) is 0 Å². The van der Waals surface area contributed by atoms with Crippen molar-refractivity contribution in [3.05, 3.63) is 0 Å². The first-order valence-corrected chi connectivity index (χ1v) is 8.22. The van der Waals surface area contributed by atoms with Crippen molar-refractivity contribution in [3.63, 3.8) is 0 Å². The Kier molecular flexibility index (Phi) is 6.32. The molecule has 0 atom stereocenters. The molecule has 1 aliphatic carbocycles. The van der Waals surface area contributed by atoms with E-state index in [9.17, 15) is 5.11 Å². The zero-order chi connectivity index (χ0) is 14.5. The normalized spacial score (nSPS) is 25.6. The monoisotopic (exact) mass is 269 g/mol. The highest BCUT2D eigenvalue weighted by Gasteiger charge is 2.31. The molecule has 114 valence electrons. The molecular formula is C17H35NO. The van der Waals surface area contributed by atoms with E-state index in [2.05, 4.69) is 39.9 Å². The fraction of sp³-hybridized carbons (Fsp3) is 1.00. The molecule has 0 saturated heterocycles. The van der Waals surface area contributed by atoms with E-state index in [1.165, 1.54) is 25.7 Å². The zero-order valence-electron chi connectivity index (χ0n) is 13.8. The van der Waals surface area contributed by atoms with E-state index in [1.54, 1.807) is 0 Å². The summed E-state index contributed by atoms with van der Waals surface area (Å²) in [6, 6.07) is 0. The third-order valence-electron chi connectivity index (χ3n) is 5.49. The van der Waals surface area contributed by atoms with E-state index < -0.39 is 0 Å². The summed E-state index contributed by atoms with van der Waals surface area (Å²) in [5.41, 5.74) is 0.432. The molecule has 0 aromatic carbocycles. The quantitative estimate of drug-likeness (QED) is 0.764. The summed E-state index contributed by atoms with van der Waals surface area (Å²) < 4.78 is 0. The lowest BCUT2D eigenvalue weighted by molar-refractivity contribution is 0.121. The first-order chi connectivity index (χ1) is 8.87. The second kappa shape index (κ2) is 7.08. The Morgan fingerprint density at radius 2 is 1.53 bits per heavy atom. The number of aliphatic hydroxyl groups is 1. The molecule has 0 aromatic heterocycles. The van der Waals surface area contributed by atoms with Crippen LogP contribution in [0.5, 0.6) is 0 Å². The van der Waals surface area contributed by atoms with Crippen molar-refractivity contribution in [2.75, 3.05) is 13.2 Å². The fourth-order valence-corrected chi connectivity index (χ4v) is 3.37. The lowest BCUT2D eigenvalue weighted by Crippen LogP contribution is -2.49. The Morgan fingerprint density at radius 3 is 1.89 bits per heavy atom. The summed E-state index contributed by atoms with van der Waals surface area (Å²) in [7, 11) is 0. The van der Waals surface area contributed by atoms with Gasteiger partial charge in [0.05, 0.1) is 6.61 Å². The van der Waals surface area contributed by atoms with Crippen LogP contribution in [0.15, 0.2) is 0 Å². The number of hydrogen-bond acceptors (Lipinski definition) is 2. The predicted octanol–water partition coefficient (Wildman–Crippen LogP) is 3.98. The summed E-state index contributed by atoms with van der Waals surface area (Å²) in [5.74, 6) is 1.70. The number of rotatable bonds is 6. The van der Waals surface area contributed by atoms with Gasteiger partial charge in [0, 0.05) is 5.54 Å². The van der Waals surface area contributed by atoms with Crippen molar-refractivity contribution in [3.8, 4) is 0 Å². The SMILES string of the molecule is CCC(CC)(CO)NCC1CCC(C(C)(C)C)CC1. The molecule has 0 spiro atoms. The summed E-state index contributed by atoms with van der Waals surface area (Å²) >= 11 is 0. The summed E-state index contributed by atoms with van der Waals surface area (Å²) in [6.45, 7) is 12.8. The van der Waals surface area contributed by atoms with Crippen molar-refractivity contribution < 1.29 is 5.11 Å². The number of nitrogens with one attached hydrogen (secondary N) is 1. The molecule has 0 aromatic rings. The molecule has 19 heavy (non-hydrogen) atoms. The molecule has 1 fully saturated rings. The topological polar surface area (TPSA) is 32.3 Å². The molecule has 0 radical (unpaired) electrons. The van der Waals surface area contributed by atoms with E-state index in [-0.39, 0.29) is 12.1 Å². The maximum absolute atomic E-state index is 9.59. The van der Waals surface area contributed by atoms with Gasteiger partial charge < -0.3 is 10.4 Å². The summed E-state index contributed by atoms with van der Waals surface area (Å²) in [4.78, 5) is 0. The second-order valence-electron chi connectivity index (χ2n) is 7.61. The van der Waals surface area contributed by atoms with Crippen molar-refractivity contribution in [1.29, 1.82) is 0 Å². The van der Waals surface area contributed by atoms with Gasteiger partial charge in [-0.1, -0.05) is 34.6 Å². The van der Waals surface area contributed by atoms with Crippen LogP contribution in [0.4, 0.5) is 0 Å². The fourth-order valence-electron chi connectivity index (χ4n) is 3.37. The van der Waals surface area contributed by atoms with Gasteiger partial charge >= 0.3 is 0 Å². The minimum atomic E-state index is -0.0408. The average molecular weight is 269 g/mol. The van der Waals surface area contributed by atoms with Gasteiger partial charge in [0.2, 0.25) is 0 Å². The van der Waals surface area contributed by atoms with Crippen LogP contribution >= 0.6 is 0 Å². The van der Waals surface area contributed by atoms with Crippen molar-refractivity contribution in [2.45, 2.75) is 78.7 Å². The van der Waals surface area contributed by atoms with Gasteiger partial charge in [-0.15, -0.1) is 0 Å². The minimum Gasteiger partial charge on any atom is -0.394 e. The molecule has 1 rings (SSSR count). The van der Waals surface area contributed by atoms with Crippen LogP contribution in [0.3, 0.4) is 0 Å². The molecule has 1 saturated carbocycles. The van der Waals surface area contributed by atoms with E-state index in [4.69, 9.17) is 0 Å². The van der Waals surface area contributed by atoms with Gasteiger partial charge in [0.1, 0.15) is 0 Å². The van der Waals surface area contributed by atoms with Crippen LogP contribution in [0.2, 0.25) is 0 Å². The first kappa shape index (κ1) is 17.0. The highest BCUT2D eigenvalue weighted by atomic mass is 16.3. The standard InChI is InChI=1S/C17H35NO/c1-6-17(7-2,13-19)18-12-14-8-10-15(11-9-14)16(3,4)5/h14-15,18-19H,6-13H2,1-5H3. The van der Waals surface area contributed by atoms with Gasteiger partial charge in [0.15, 0.2) is 0 Å². The molecule has 1 aliphatic rings. The lowest BCUT2D eigenvalue weighted by Gasteiger charge is -2.39. The van der Waals surface area contributed by atoms with Gasteiger partial charge in [0.25, 0.3) is 0 Å². The molecule has 2 N–H and O–H groups in total. The van der Waals surface area contributed by atoms with E-state index in [1.807, 2.05) is 0 Å². The maximum Gasteiger partial charge on any atom is 0.0613 e. The van der Waals surface area contributed by atoms with Crippen molar-refractivity contribution in [2.24, 2.45) is 17.3 Å². The second-order valence-corrected chi connectivity index (χ2v) is 7.61. The Hall–Kier alpha value is -0.0800. The van der Waals surface area contributed by atoms with Gasteiger partial charge in [-0.25, -0.2) is 0 Å². The molecule has 0 heterocycles. The number of aliphatic hydroxyl groups excluding tert-OH is 1. The third kappa shape index (κ3) is 4.75. The van der Waals surface area contributed by atoms with Crippen molar-refractivity contribution in [1.82, 2.24) is 5.32 Å². The largest absolute Gasteiger partial charge is 0.394 e. The van der Waals surface area contributed by atoms with Gasteiger partial charge in [-0.3, -0.25) is 0 Å². The lowest BCUT2D eigenvalue weighted by atomic mass is 9.70. The molecule has 0 unspecified atom stereocenters. The highest BCUT2D eigenvalue weighted by molar-refractivity contribution is 4.87. The summed E-state index contributed by atoms with van der Waals surface area (Å²) in [5, 5.41) is 13.2.